The minimum Gasteiger partial charge on any atom is -0.312 e. The SMILES string of the molecule is CC#CCCNCc1cc(C(F)(F)F)cc(C(F)(F)F)c1. The molecule has 0 saturated heterocycles. The fraction of sp³-hybridized carbons (Fsp3) is 0.429. The van der Waals surface area contributed by atoms with Crippen LogP contribution in [-0.4, -0.2) is 6.54 Å². The Kier molecular flexibility index (Phi) is 5.67. The van der Waals surface area contributed by atoms with Crippen LogP contribution in [0.5, 0.6) is 0 Å². The van der Waals surface area contributed by atoms with Crippen LogP contribution in [0.15, 0.2) is 18.2 Å². The van der Waals surface area contributed by atoms with Gasteiger partial charge in [0.05, 0.1) is 11.1 Å². The summed E-state index contributed by atoms with van der Waals surface area (Å²) in [7, 11) is 0. The van der Waals surface area contributed by atoms with Crippen LogP contribution in [-0.2, 0) is 18.9 Å². The van der Waals surface area contributed by atoms with Gasteiger partial charge in [0.1, 0.15) is 0 Å². The summed E-state index contributed by atoms with van der Waals surface area (Å²) < 4.78 is 75.7. The van der Waals surface area contributed by atoms with Crippen molar-refractivity contribution >= 4 is 0 Å². The highest BCUT2D eigenvalue weighted by molar-refractivity contribution is 5.33. The zero-order chi connectivity index (χ0) is 16.1. The van der Waals surface area contributed by atoms with Crippen LogP contribution >= 0.6 is 0 Å². The molecule has 0 saturated carbocycles. The van der Waals surface area contributed by atoms with Crippen LogP contribution in [0.2, 0.25) is 0 Å². The summed E-state index contributed by atoms with van der Waals surface area (Å²) in [6.45, 7) is 1.94. The molecule has 7 heteroatoms. The molecule has 1 aromatic rings. The Morgan fingerprint density at radius 1 is 0.952 bits per heavy atom. The Hall–Kier alpha value is -1.68. The van der Waals surface area contributed by atoms with Gasteiger partial charge in [0.25, 0.3) is 0 Å². The number of rotatable bonds is 4. The van der Waals surface area contributed by atoms with Crippen molar-refractivity contribution in [2.24, 2.45) is 0 Å². The van der Waals surface area contributed by atoms with Gasteiger partial charge in [0.15, 0.2) is 0 Å². The molecule has 0 unspecified atom stereocenters. The normalized spacial score (nSPS) is 12.0. The highest BCUT2D eigenvalue weighted by Crippen LogP contribution is 2.36. The van der Waals surface area contributed by atoms with E-state index in [0.717, 1.165) is 0 Å². The van der Waals surface area contributed by atoms with Gasteiger partial charge >= 0.3 is 12.4 Å². The molecule has 1 nitrogen and oxygen atoms in total. The van der Waals surface area contributed by atoms with Crippen LogP contribution < -0.4 is 5.32 Å². The Labute approximate surface area is 118 Å². The lowest BCUT2D eigenvalue weighted by molar-refractivity contribution is -0.143. The first-order valence-electron chi connectivity index (χ1n) is 6.03. The lowest BCUT2D eigenvalue weighted by atomic mass is 10.0. The van der Waals surface area contributed by atoms with Crippen LogP contribution in [0.3, 0.4) is 0 Å². The predicted octanol–water partition coefficient (Wildman–Crippen LogP) is 4.23. The number of nitrogens with one attached hydrogen (secondary N) is 1. The van der Waals surface area contributed by atoms with Crippen molar-refractivity contribution in [3.63, 3.8) is 0 Å². The molecule has 0 aliphatic carbocycles. The number of alkyl halides is 6. The number of hydrogen-bond acceptors (Lipinski definition) is 1. The predicted molar refractivity (Wildman–Crippen MR) is 66.2 cm³/mol. The molecule has 0 amide bonds. The van der Waals surface area contributed by atoms with Crippen molar-refractivity contribution in [2.45, 2.75) is 32.2 Å². The molecule has 0 bridgehead atoms. The van der Waals surface area contributed by atoms with Crippen molar-refractivity contribution in [3.8, 4) is 11.8 Å². The largest absolute Gasteiger partial charge is 0.416 e. The third-order valence-electron chi connectivity index (χ3n) is 2.58. The topological polar surface area (TPSA) is 12.0 Å². The van der Waals surface area contributed by atoms with E-state index in [4.69, 9.17) is 0 Å². The van der Waals surface area contributed by atoms with Crippen LogP contribution in [0.1, 0.15) is 30.0 Å². The highest BCUT2D eigenvalue weighted by atomic mass is 19.4. The molecule has 1 rings (SSSR count). The quantitative estimate of drug-likeness (QED) is 0.499. The van der Waals surface area contributed by atoms with Gasteiger partial charge in [0, 0.05) is 19.5 Å². The van der Waals surface area contributed by atoms with Gasteiger partial charge in [-0.05, 0) is 30.7 Å². The molecule has 0 atom stereocenters. The van der Waals surface area contributed by atoms with Gasteiger partial charge in [0.2, 0.25) is 0 Å². The standard InChI is InChI=1S/C14H13F6N/c1-2-3-4-5-21-9-10-6-11(13(15,16)17)8-12(7-10)14(18,19)20/h6-8,21H,4-5,9H2,1H3. The maximum atomic E-state index is 12.6. The van der Waals surface area contributed by atoms with Gasteiger partial charge < -0.3 is 5.32 Å². The molecular weight excluding hydrogens is 296 g/mol. The molecule has 0 aliphatic rings. The first kappa shape index (κ1) is 17.4. The maximum Gasteiger partial charge on any atom is 0.416 e. The molecule has 0 aromatic heterocycles. The first-order valence-corrected chi connectivity index (χ1v) is 6.03. The molecule has 1 aromatic carbocycles. The summed E-state index contributed by atoms with van der Waals surface area (Å²) in [6.07, 6.45) is -9.16. The Bertz CT molecular complexity index is 501. The second-order valence-electron chi connectivity index (χ2n) is 4.27. The van der Waals surface area contributed by atoms with Gasteiger partial charge in [-0.3, -0.25) is 0 Å². The van der Waals surface area contributed by atoms with Crippen molar-refractivity contribution in [1.29, 1.82) is 0 Å². The van der Waals surface area contributed by atoms with Crippen molar-refractivity contribution in [3.05, 3.63) is 34.9 Å². The molecule has 1 N–H and O–H groups in total. The lowest BCUT2D eigenvalue weighted by Crippen LogP contribution is -2.17. The summed E-state index contributed by atoms with van der Waals surface area (Å²) in [4.78, 5) is 0. The fourth-order valence-corrected chi connectivity index (χ4v) is 1.63. The van der Waals surface area contributed by atoms with E-state index in [0.29, 0.717) is 25.1 Å². The monoisotopic (exact) mass is 309 g/mol. The summed E-state index contributed by atoms with van der Waals surface area (Å²) in [5.74, 6) is 5.37. The zero-order valence-electron chi connectivity index (χ0n) is 11.1. The summed E-state index contributed by atoms with van der Waals surface area (Å²) in [5.41, 5.74) is -2.67. The van der Waals surface area contributed by atoms with Gasteiger partial charge in [-0.15, -0.1) is 11.8 Å². The van der Waals surface area contributed by atoms with Gasteiger partial charge in [-0.2, -0.15) is 26.3 Å². The second-order valence-corrected chi connectivity index (χ2v) is 4.27. The maximum absolute atomic E-state index is 12.6. The highest BCUT2D eigenvalue weighted by Gasteiger charge is 2.36. The summed E-state index contributed by atoms with van der Waals surface area (Å²) >= 11 is 0. The van der Waals surface area contributed by atoms with Crippen molar-refractivity contribution in [2.75, 3.05) is 6.54 Å². The van der Waals surface area contributed by atoms with E-state index in [-0.39, 0.29) is 18.2 Å². The van der Waals surface area contributed by atoms with E-state index < -0.39 is 23.5 Å². The molecule has 0 aliphatic heterocycles. The number of halogens is 6. The van der Waals surface area contributed by atoms with Crippen molar-refractivity contribution < 1.29 is 26.3 Å². The Balaban J connectivity index is 2.94. The molecule has 116 valence electrons. The van der Waals surface area contributed by atoms with Crippen molar-refractivity contribution in [1.82, 2.24) is 5.32 Å². The van der Waals surface area contributed by atoms with Crippen LogP contribution in [0, 0.1) is 11.8 Å². The number of hydrogen-bond donors (Lipinski definition) is 1. The summed E-state index contributed by atoms with van der Waals surface area (Å²) in [6, 6.07) is 1.55. The smallest absolute Gasteiger partial charge is 0.312 e. The van der Waals surface area contributed by atoms with E-state index >= 15 is 0 Å². The first-order chi connectivity index (χ1) is 9.64. The molecule has 0 heterocycles. The zero-order valence-corrected chi connectivity index (χ0v) is 11.1. The van der Waals surface area contributed by atoms with Crippen LogP contribution in [0.25, 0.3) is 0 Å². The molecule has 21 heavy (non-hydrogen) atoms. The minimum absolute atomic E-state index is 0.0680. The van der Waals surface area contributed by atoms with E-state index in [1.165, 1.54) is 0 Å². The molecular formula is C14H13F6N. The third-order valence-corrected chi connectivity index (χ3v) is 2.58. The fourth-order valence-electron chi connectivity index (χ4n) is 1.63. The van der Waals surface area contributed by atoms with E-state index in [2.05, 4.69) is 17.2 Å². The van der Waals surface area contributed by atoms with E-state index in [9.17, 15) is 26.3 Å². The van der Waals surface area contributed by atoms with E-state index in [1.807, 2.05) is 0 Å². The Morgan fingerprint density at radius 2 is 1.48 bits per heavy atom. The third kappa shape index (κ3) is 5.68. The summed E-state index contributed by atoms with van der Waals surface area (Å²) in [5, 5.41) is 2.76. The van der Waals surface area contributed by atoms with Gasteiger partial charge in [-0.25, -0.2) is 0 Å². The average Bonchev–Trinajstić information content (AvgIpc) is 2.36. The van der Waals surface area contributed by atoms with Crippen LogP contribution in [0.4, 0.5) is 26.3 Å². The Morgan fingerprint density at radius 3 is 1.90 bits per heavy atom. The second kappa shape index (κ2) is 6.85. The minimum atomic E-state index is -4.82. The lowest BCUT2D eigenvalue weighted by Gasteiger charge is -2.14. The van der Waals surface area contributed by atoms with E-state index in [1.54, 1.807) is 6.92 Å². The molecule has 0 radical (unpaired) electrons. The average molecular weight is 309 g/mol. The van der Waals surface area contributed by atoms with Gasteiger partial charge in [-0.1, -0.05) is 0 Å². The molecule has 0 fully saturated rings. The number of benzene rings is 1. The molecule has 0 spiro atoms.